The summed E-state index contributed by atoms with van der Waals surface area (Å²) in [6, 6.07) is 0. The van der Waals surface area contributed by atoms with E-state index in [0.717, 1.165) is 5.57 Å². The first-order chi connectivity index (χ1) is 5.33. The van der Waals surface area contributed by atoms with Crippen LogP contribution in [0.25, 0.3) is 0 Å². The van der Waals surface area contributed by atoms with Crippen LogP contribution in [0.2, 0.25) is 0 Å². The number of hydrogen-bond donors (Lipinski definition) is 0. The highest BCUT2D eigenvalue weighted by Crippen LogP contribution is 2.05. The molecular formula is C9H10FN. The molecule has 0 aliphatic heterocycles. The van der Waals surface area contributed by atoms with Crippen LogP contribution in [0.4, 0.5) is 4.39 Å². The Balaban J connectivity index is 2.76. The molecule has 0 aromatic heterocycles. The minimum atomic E-state index is -0.964. The van der Waals surface area contributed by atoms with Crippen molar-refractivity contribution in [1.82, 2.24) is 0 Å². The monoisotopic (exact) mass is 151 g/mol. The van der Waals surface area contributed by atoms with Crippen LogP contribution in [0.3, 0.4) is 0 Å². The molecule has 2 heteroatoms. The standard InChI is InChI=1S/C9H10FN/c1-11-7-8-3-2-4-9(10)6-5-8/h2-7,9H,1H3. The second-order valence-corrected chi connectivity index (χ2v) is 2.24. The maximum atomic E-state index is 12.6. The number of alkyl halides is 1. The van der Waals surface area contributed by atoms with E-state index >= 15 is 0 Å². The molecule has 1 rings (SSSR count). The quantitative estimate of drug-likeness (QED) is 0.509. The summed E-state index contributed by atoms with van der Waals surface area (Å²) in [5, 5.41) is 0. The van der Waals surface area contributed by atoms with Gasteiger partial charge in [-0.3, -0.25) is 4.99 Å². The van der Waals surface area contributed by atoms with Gasteiger partial charge in [-0.2, -0.15) is 0 Å². The molecule has 0 heterocycles. The lowest BCUT2D eigenvalue weighted by Crippen LogP contribution is -1.85. The number of hydrogen-bond acceptors (Lipinski definition) is 1. The summed E-state index contributed by atoms with van der Waals surface area (Å²) in [5.74, 6) is 0. The first-order valence-corrected chi connectivity index (χ1v) is 3.46. The van der Waals surface area contributed by atoms with Crippen LogP contribution in [0, 0.1) is 0 Å². The Labute approximate surface area is 65.6 Å². The van der Waals surface area contributed by atoms with E-state index in [2.05, 4.69) is 4.99 Å². The van der Waals surface area contributed by atoms with Crippen LogP contribution < -0.4 is 0 Å². The number of nitrogens with zero attached hydrogens (tertiary/aromatic N) is 1. The van der Waals surface area contributed by atoms with Gasteiger partial charge in [-0.05, 0) is 17.7 Å². The minimum absolute atomic E-state index is 0.920. The third kappa shape index (κ3) is 2.50. The van der Waals surface area contributed by atoms with E-state index in [1.807, 2.05) is 6.08 Å². The third-order valence-corrected chi connectivity index (χ3v) is 1.33. The van der Waals surface area contributed by atoms with Gasteiger partial charge in [-0.15, -0.1) is 0 Å². The molecule has 1 aliphatic carbocycles. The molecule has 0 amide bonds. The fourth-order valence-corrected chi connectivity index (χ4v) is 0.831. The van der Waals surface area contributed by atoms with Gasteiger partial charge < -0.3 is 0 Å². The Morgan fingerprint density at radius 1 is 1.55 bits per heavy atom. The minimum Gasteiger partial charge on any atom is -0.296 e. The summed E-state index contributed by atoms with van der Waals surface area (Å²) in [6.07, 6.45) is 8.96. The molecule has 0 spiro atoms. The van der Waals surface area contributed by atoms with Crippen molar-refractivity contribution in [2.24, 2.45) is 4.99 Å². The summed E-state index contributed by atoms with van der Waals surface area (Å²) in [4.78, 5) is 3.83. The molecule has 11 heavy (non-hydrogen) atoms. The highest BCUT2D eigenvalue weighted by Gasteiger charge is 1.96. The molecule has 1 unspecified atom stereocenters. The maximum Gasteiger partial charge on any atom is 0.137 e. The van der Waals surface area contributed by atoms with Crippen LogP contribution in [0.5, 0.6) is 0 Å². The van der Waals surface area contributed by atoms with Crippen molar-refractivity contribution in [3.63, 3.8) is 0 Å². The lowest BCUT2D eigenvalue weighted by molar-refractivity contribution is 0.469. The van der Waals surface area contributed by atoms with E-state index in [4.69, 9.17) is 0 Å². The van der Waals surface area contributed by atoms with Gasteiger partial charge in [0.05, 0.1) is 0 Å². The van der Waals surface area contributed by atoms with Crippen LogP contribution in [0.1, 0.15) is 0 Å². The fourth-order valence-electron chi connectivity index (χ4n) is 0.831. The number of aliphatic imine (C=N–C) groups is 1. The molecule has 1 atom stereocenters. The lowest BCUT2D eigenvalue weighted by Gasteiger charge is -1.88. The Hall–Kier alpha value is -1.18. The SMILES string of the molecule is CN=CC1=CC=CC(F)C=C1. The molecule has 0 aromatic carbocycles. The third-order valence-electron chi connectivity index (χ3n) is 1.33. The first kappa shape index (κ1) is 7.92. The van der Waals surface area contributed by atoms with Crippen molar-refractivity contribution in [2.45, 2.75) is 6.17 Å². The molecule has 58 valence electrons. The summed E-state index contributed by atoms with van der Waals surface area (Å²) in [5.41, 5.74) is 0.920. The van der Waals surface area contributed by atoms with Gasteiger partial charge in [0.1, 0.15) is 6.17 Å². The molecule has 0 fully saturated rings. The number of rotatable bonds is 1. The van der Waals surface area contributed by atoms with Gasteiger partial charge in [-0.25, -0.2) is 4.39 Å². The van der Waals surface area contributed by atoms with Gasteiger partial charge >= 0.3 is 0 Å². The molecular weight excluding hydrogens is 141 g/mol. The summed E-state index contributed by atoms with van der Waals surface area (Å²) < 4.78 is 12.6. The predicted octanol–water partition coefficient (Wildman–Crippen LogP) is 2.08. The number of halogens is 1. The normalized spacial score (nSPS) is 23.8. The van der Waals surface area contributed by atoms with Crippen molar-refractivity contribution < 1.29 is 4.39 Å². The van der Waals surface area contributed by atoms with E-state index in [0.29, 0.717) is 0 Å². The van der Waals surface area contributed by atoms with E-state index in [1.54, 1.807) is 25.4 Å². The van der Waals surface area contributed by atoms with Gasteiger partial charge in [0.15, 0.2) is 0 Å². The van der Waals surface area contributed by atoms with Crippen LogP contribution in [-0.2, 0) is 0 Å². The van der Waals surface area contributed by atoms with Crippen LogP contribution >= 0.6 is 0 Å². The molecule has 1 nitrogen and oxygen atoms in total. The van der Waals surface area contributed by atoms with Gasteiger partial charge in [-0.1, -0.05) is 18.2 Å². The van der Waals surface area contributed by atoms with E-state index in [9.17, 15) is 4.39 Å². The summed E-state index contributed by atoms with van der Waals surface area (Å²) in [6.45, 7) is 0. The molecule has 0 aromatic rings. The van der Waals surface area contributed by atoms with Crippen molar-refractivity contribution in [2.75, 3.05) is 7.05 Å². The molecule has 0 saturated heterocycles. The molecule has 1 aliphatic rings. The molecule has 0 saturated carbocycles. The van der Waals surface area contributed by atoms with E-state index < -0.39 is 6.17 Å². The molecule has 0 bridgehead atoms. The van der Waals surface area contributed by atoms with Crippen LogP contribution in [0.15, 0.2) is 40.9 Å². The smallest absolute Gasteiger partial charge is 0.137 e. The van der Waals surface area contributed by atoms with Gasteiger partial charge in [0, 0.05) is 13.3 Å². The average molecular weight is 151 g/mol. The zero-order valence-electron chi connectivity index (χ0n) is 6.37. The Morgan fingerprint density at radius 3 is 3.09 bits per heavy atom. The zero-order chi connectivity index (χ0) is 8.10. The second kappa shape index (κ2) is 3.86. The van der Waals surface area contributed by atoms with Gasteiger partial charge in [0.2, 0.25) is 0 Å². The Bertz CT molecular complexity index is 236. The Morgan fingerprint density at radius 2 is 2.36 bits per heavy atom. The van der Waals surface area contributed by atoms with Crippen molar-refractivity contribution in [1.29, 1.82) is 0 Å². The molecule has 0 radical (unpaired) electrons. The summed E-state index contributed by atoms with van der Waals surface area (Å²) in [7, 11) is 1.69. The lowest BCUT2D eigenvalue weighted by atomic mass is 10.2. The van der Waals surface area contributed by atoms with E-state index in [1.165, 1.54) is 12.2 Å². The van der Waals surface area contributed by atoms with Crippen molar-refractivity contribution in [3.8, 4) is 0 Å². The largest absolute Gasteiger partial charge is 0.296 e. The predicted molar refractivity (Wildman–Crippen MR) is 45.7 cm³/mol. The number of allylic oxidation sites excluding steroid dienone is 6. The second-order valence-electron chi connectivity index (χ2n) is 2.24. The zero-order valence-corrected chi connectivity index (χ0v) is 6.37. The average Bonchev–Trinajstić information content (AvgIpc) is 2.17. The van der Waals surface area contributed by atoms with Crippen molar-refractivity contribution >= 4 is 6.21 Å². The maximum absolute atomic E-state index is 12.6. The first-order valence-electron chi connectivity index (χ1n) is 3.46. The van der Waals surface area contributed by atoms with Gasteiger partial charge in [0.25, 0.3) is 0 Å². The van der Waals surface area contributed by atoms with Crippen molar-refractivity contribution in [3.05, 3.63) is 36.0 Å². The fraction of sp³-hybridized carbons (Fsp3) is 0.222. The Kier molecular flexibility index (Phi) is 2.78. The summed E-state index contributed by atoms with van der Waals surface area (Å²) >= 11 is 0. The highest BCUT2D eigenvalue weighted by atomic mass is 19.1. The highest BCUT2D eigenvalue weighted by molar-refractivity contribution is 5.82. The molecule has 0 N–H and O–H groups in total. The van der Waals surface area contributed by atoms with E-state index in [-0.39, 0.29) is 0 Å². The topological polar surface area (TPSA) is 12.4 Å². The van der Waals surface area contributed by atoms with Crippen LogP contribution in [-0.4, -0.2) is 19.4 Å².